The molecule has 0 radical (unpaired) electrons. The molecule has 0 unspecified atom stereocenters. The Bertz CT molecular complexity index is 444. The molecule has 0 spiro atoms. The zero-order valence-corrected chi connectivity index (χ0v) is 18.3. The second-order valence-electron chi connectivity index (χ2n) is 4.35. The van der Waals surface area contributed by atoms with Crippen molar-refractivity contribution in [2.45, 2.75) is 34.6 Å². The summed E-state index contributed by atoms with van der Waals surface area (Å²) in [4.78, 5) is 3.12. The third-order valence-corrected chi connectivity index (χ3v) is 3.66. The maximum absolute atomic E-state index is 5.40. The quantitative estimate of drug-likeness (QED) is 0.341. The number of halogens is 2. The van der Waals surface area contributed by atoms with Gasteiger partial charge in [0.15, 0.2) is 0 Å². The molecule has 1 N–H and O–H groups in total. The van der Waals surface area contributed by atoms with Crippen molar-refractivity contribution in [1.82, 2.24) is 0 Å². The molecule has 0 heterocycles. The first kappa shape index (κ1) is 19.7. The summed E-state index contributed by atoms with van der Waals surface area (Å²) in [7, 11) is 4.22. The Morgan fingerprint density at radius 2 is 1.21 bits per heavy atom. The molecule has 0 aliphatic heterocycles. The van der Waals surface area contributed by atoms with E-state index < -0.39 is 0 Å². The summed E-state index contributed by atoms with van der Waals surface area (Å²) in [6.45, 7) is 10.8. The van der Waals surface area contributed by atoms with Crippen LogP contribution in [0.5, 0.6) is 0 Å². The van der Waals surface area contributed by atoms with Crippen molar-refractivity contribution in [2.75, 3.05) is 14.2 Å². The summed E-state index contributed by atoms with van der Waals surface area (Å²) in [5.74, 6) is 0.848. The van der Waals surface area contributed by atoms with Crippen LogP contribution in [0.1, 0.15) is 33.4 Å². The predicted octanol–water partition coefficient (Wildman–Crippen LogP) is 3.10. The van der Waals surface area contributed by atoms with Crippen molar-refractivity contribution >= 4 is 45.9 Å². The van der Waals surface area contributed by atoms with E-state index in [2.05, 4.69) is 79.6 Å². The number of methoxy groups -OCH3 is 1. The first-order valence-corrected chi connectivity index (χ1v) is 15.0. The van der Waals surface area contributed by atoms with Crippen LogP contribution in [0.3, 0.4) is 0 Å². The number of hydrogen-bond donors (Lipinski definition) is 1. The van der Waals surface area contributed by atoms with Crippen LogP contribution in [0, 0.1) is 34.6 Å². The molecule has 0 amide bonds. The van der Waals surface area contributed by atoms with E-state index in [0.29, 0.717) is 9.47 Å². The van der Waals surface area contributed by atoms with E-state index in [1.54, 1.807) is 7.11 Å². The summed E-state index contributed by atoms with van der Waals surface area (Å²) in [6, 6.07) is 0. The molecule has 1 aromatic rings. The van der Waals surface area contributed by atoms with Gasteiger partial charge < -0.3 is 4.74 Å². The second-order valence-corrected chi connectivity index (χ2v) is 16.1. The summed E-state index contributed by atoms with van der Waals surface area (Å²) in [5, 5.41) is 0. The van der Waals surface area contributed by atoms with Gasteiger partial charge in [0.05, 0.1) is 12.7 Å². The Morgan fingerprint density at radius 1 is 0.895 bits per heavy atom. The molecule has 0 aliphatic carbocycles. The van der Waals surface area contributed by atoms with Gasteiger partial charge >= 0.3 is 55.3 Å². The minimum atomic E-state index is 0.628. The molecule has 0 aliphatic rings. The predicted molar refractivity (Wildman–Crippen MR) is 96.2 cm³/mol. The van der Waals surface area contributed by atoms with Gasteiger partial charge in [0.1, 0.15) is 7.05 Å². The number of nitrogens with one attached hydrogen (secondary N) is 1. The first-order valence-electron chi connectivity index (χ1n) is 5.95. The molecule has 107 valence electrons. The molecular weight excluding hydrogens is 503 g/mol. The van der Waals surface area contributed by atoms with E-state index in [4.69, 9.17) is 4.74 Å². The summed E-state index contributed by atoms with van der Waals surface area (Å²) >= 11 is 4.74. The Labute approximate surface area is 146 Å². The number of benzene rings is 1. The minimum absolute atomic E-state index is 0.628. The molecule has 0 saturated heterocycles. The topological polar surface area (TPSA) is 23.2 Å². The van der Waals surface area contributed by atoms with Crippen LogP contribution in [0.4, 0.5) is 0 Å². The zero-order valence-electron chi connectivity index (χ0n) is 12.6. The van der Waals surface area contributed by atoms with E-state index in [1.807, 2.05) is 7.05 Å². The average Bonchev–Trinajstić information content (AvgIpc) is 2.40. The molecule has 19 heavy (non-hydrogen) atoms. The Morgan fingerprint density at radius 3 is 1.47 bits per heavy atom. The van der Waals surface area contributed by atoms with Gasteiger partial charge in [0.25, 0.3) is 0 Å². The van der Waals surface area contributed by atoms with E-state index >= 15 is 0 Å². The normalized spacial score (nSPS) is 10.7. The van der Waals surface area contributed by atoms with Gasteiger partial charge in [-0.25, -0.2) is 4.99 Å². The van der Waals surface area contributed by atoms with Crippen molar-refractivity contribution in [1.29, 1.82) is 0 Å². The van der Waals surface area contributed by atoms with E-state index in [0.717, 1.165) is 5.90 Å². The van der Waals surface area contributed by atoms with Crippen LogP contribution in [0.15, 0.2) is 0 Å². The zero-order chi connectivity index (χ0) is 15.2. The molecular formula is C14H22I2NOV+. The van der Waals surface area contributed by atoms with E-state index in [1.165, 1.54) is 33.4 Å². The molecule has 0 bridgehead atoms. The fourth-order valence-electron chi connectivity index (χ4n) is 2.17. The van der Waals surface area contributed by atoms with Crippen LogP contribution in [-0.2, 0) is 14.2 Å². The SMILES string of the molecule is C[NH+]=C(OC)c1c(C)c(C)c(C)c(C)c1C.[I][V][I]. The summed E-state index contributed by atoms with van der Waals surface area (Å²) < 4.78 is 5.40. The van der Waals surface area contributed by atoms with Gasteiger partial charge in [-0.3, -0.25) is 0 Å². The van der Waals surface area contributed by atoms with Crippen molar-refractivity contribution in [3.8, 4) is 0 Å². The molecule has 0 atom stereocenters. The fourth-order valence-corrected chi connectivity index (χ4v) is 2.17. The van der Waals surface area contributed by atoms with Crippen LogP contribution < -0.4 is 4.99 Å². The number of rotatable bonds is 1. The van der Waals surface area contributed by atoms with Gasteiger partial charge in [0.2, 0.25) is 0 Å². The van der Waals surface area contributed by atoms with Crippen molar-refractivity contribution < 1.29 is 19.2 Å². The van der Waals surface area contributed by atoms with Crippen molar-refractivity contribution in [2.24, 2.45) is 0 Å². The maximum atomic E-state index is 5.40. The van der Waals surface area contributed by atoms with Crippen LogP contribution in [-0.4, -0.2) is 20.1 Å². The third-order valence-electron chi connectivity index (χ3n) is 3.66. The Balaban J connectivity index is 0.000000982. The van der Waals surface area contributed by atoms with E-state index in [9.17, 15) is 0 Å². The van der Waals surface area contributed by atoms with Crippen LogP contribution >= 0.6 is 40.0 Å². The Hall–Kier alpha value is 0.734. The second kappa shape index (κ2) is 9.63. The molecule has 5 heteroatoms. The fraction of sp³-hybridized carbons (Fsp3) is 0.500. The molecule has 1 rings (SSSR count). The monoisotopic (exact) mass is 525 g/mol. The van der Waals surface area contributed by atoms with E-state index in [-0.39, 0.29) is 0 Å². The van der Waals surface area contributed by atoms with Gasteiger partial charge in [-0.1, -0.05) is 0 Å². The molecule has 2 nitrogen and oxygen atoms in total. The molecule has 1 aromatic carbocycles. The molecule has 0 fully saturated rings. The summed E-state index contributed by atoms with van der Waals surface area (Å²) in [6.07, 6.45) is 0. The van der Waals surface area contributed by atoms with Gasteiger partial charge in [-0.2, -0.15) is 0 Å². The first-order chi connectivity index (χ1) is 8.87. The number of ether oxygens (including phenoxy) is 1. The molecule has 0 aromatic heterocycles. The number of hydrogen-bond acceptors (Lipinski definition) is 1. The molecule has 0 saturated carbocycles. The van der Waals surface area contributed by atoms with Crippen molar-refractivity contribution in [3.63, 3.8) is 0 Å². The van der Waals surface area contributed by atoms with Gasteiger partial charge in [-0.15, -0.1) is 0 Å². The van der Waals surface area contributed by atoms with Gasteiger partial charge in [-0.05, 0) is 62.4 Å². The van der Waals surface area contributed by atoms with Gasteiger partial charge in [0, 0.05) is 0 Å². The van der Waals surface area contributed by atoms with Crippen LogP contribution in [0.25, 0.3) is 0 Å². The third kappa shape index (κ3) is 4.90. The summed E-state index contributed by atoms with van der Waals surface area (Å²) in [5.41, 5.74) is 7.88. The standard InChI is InChI=1S/C14H21NO.2HI.V/c1-8-9(2)11(4)13(12(5)10(8)3)14(15-6)16-7;;;/h1-7H3;2*1H;/q;;;+2/p-1. The average molecular weight is 525 g/mol. The van der Waals surface area contributed by atoms with Crippen molar-refractivity contribution in [3.05, 3.63) is 33.4 Å². The van der Waals surface area contributed by atoms with Crippen LogP contribution in [0.2, 0.25) is 0 Å². The Kier molecular flexibility index (Phi) is 10.0.